The lowest BCUT2D eigenvalue weighted by atomic mass is 10.1. The molecule has 5 rings (SSSR count). The molecule has 0 atom stereocenters. The van der Waals surface area contributed by atoms with Crippen molar-refractivity contribution in [3.63, 3.8) is 0 Å². The number of urea groups is 1. The lowest BCUT2D eigenvalue weighted by Gasteiger charge is -2.26. The fourth-order valence-corrected chi connectivity index (χ4v) is 4.46. The number of anilines is 1. The van der Waals surface area contributed by atoms with Crippen LogP contribution in [0.1, 0.15) is 27.8 Å². The Morgan fingerprint density at radius 1 is 0.738 bits per heavy atom. The van der Waals surface area contributed by atoms with Gasteiger partial charge in [-0.25, -0.2) is 9.69 Å². The Bertz CT molecular complexity index is 1660. The normalized spacial score (nSPS) is 14.1. The zero-order chi connectivity index (χ0) is 29.6. The number of carbonyl (C=O) groups is 3. The second kappa shape index (κ2) is 12.4. The van der Waals surface area contributed by atoms with E-state index in [4.69, 9.17) is 14.2 Å². The van der Waals surface area contributed by atoms with Crippen LogP contribution in [0.2, 0.25) is 0 Å². The second-order valence-electron chi connectivity index (χ2n) is 9.91. The first-order valence-electron chi connectivity index (χ1n) is 13.4. The van der Waals surface area contributed by atoms with Crippen LogP contribution in [0, 0.1) is 13.8 Å². The number of barbiturate groups is 1. The zero-order valence-electron chi connectivity index (χ0n) is 23.5. The number of methoxy groups -OCH3 is 1. The van der Waals surface area contributed by atoms with Gasteiger partial charge >= 0.3 is 6.03 Å². The molecule has 8 heteroatoms. The molecule has 0 bridgehead atoms. The molecule has 212 valence electrons. The molecule has 0 aromatic heterocycles. The van der Waals surface area contributed by atoms with Crippen molar-refractivity contribution in [2.24, 2.45) is 0 Å². The summed E-state index contributed by atoms with van der Waals surface area (Å²) in [6.07, 6.45) is 1.42. The number of benzene rings is 4. The second-order valence-corrected chi connectivity index (χ2v) is 9.91. The van der Waals surface area contributed by atoms with Gasteiger partial charge in [-0.05, 0) is 73.0 Å². The number of amides is 4. The molecule has 42 heavy (non-hydrogen) atoms. The van der Waals surface area contributed by atoms with Gasteiger partial charge in [0.1, 0.15) is 24.5 Å². The van der Waals surface area contributed by atoms with Crippen molar-refractivity contribution in [2.45, 2.75) is 27.1 Å². The van der Waals surface area contributed by atoms with E-state index in [9.17, 15) is 14.4 Å². The van der Waals surface area contributed by atoms with Gasteiger partial charge in [0, 0.05) is 0 Å². The molecule has 1 aliphatic rings. The lowest BCUT2D eigenvalue weighted by molar-refractivity contribution is -0.122. The van der Waals surface area contributed by atoms with Gasteiger partial charge < -0.3 is 14.2 Å². The van der Waals surface area contributed by atoms with Crippen LogP contribution >= 0.6 is 0 Å². The minimum absolute atomic E-state index is 0.190. The number of carbonyl (C=O) groups excluding carboxylic acids is 3. The Hall–Kier alpha value is -5.37. The monoisotopic (exact) mass is 562 g/mol. The Morgan fingerprint density at radius 3 is 2.19 bits per heavy atom. The molecule has 0 spiro atoms. The predicted molar refractivity (Wildman–Crippen MR) is 159 cm³/mol. The third kappa shape index (κ3) is 6.50. The first kappa shape index (κ1) is 28.2. The molecule has 4 aromatic rings. The van der Waals surface area contributed by atoms with Crippen LogP contribution in [0.3, 0.4) is 0 Å². The molecule has 0 unspecified atom stereocenters. The summed E-state index contributed by atoms with van der Waals surface area (Å²) in [6.45, 7) is 4.77. The fourth-order valence-electron chi connectivity index (χ4n) is 4.46. The van der Waals surface area contributed by atoms with Crippen LogP contribution in [0.25, 0.3) is 6.08 Å². The summed E-state index contributed by atoms with van der Waals surface area (Å²) in [4.78, 5) is 39.6. The number of imide groups is 2. The molecule has 0 saturated carbocycles. The number of aryl methyl sites for hydroxylation is 2. The summed E-state index contributed by atoms with van der Waals surface area (Å²) >= 11 is 0. The van der Waals surface area contributed by atoms with Gasteiger partial charge in [0.05, 0.1) is 12.8 Å². The highest BCUT2D eigenvalue weighted by atomic mass is 16.5. The first-order valence-corrected chi connectivity index (χ1v) is 13.4. The Kier molecular flexibility index (Phi) is 8.34. The summed E-state index contributed by atoms with van der Waals surface area (Å²) in [5.41, 5.74) is 4.98. The Balaban J connectivity index is 1.31. The molecule has 4 amide bonds. The summed E-state index contributed by atoms with van der Waals surface area (Å²) in [5.74, 6) is 0.0126. The van der Waals surface area contributed by atoms with E-state index in [0.717, 1.165) is 21.6 Å². The average molecular weight is 563 g/mol. The highest BCUT2D eigenvalue weighted by Gasteiger charge is 2.36. The molecule has 1 saturated heterocycles. The summed E-state index contributed by atoms with van der Waals surface area (Å²) in [6, 6.07) is 26.8. The van der Waals surface area contributed by atoms with Gasteiger partial charge in [0.15, 0.2) is 11.5 Å². The standard InChI is InChI=1S/C34H30N2O6/c1-22-7-9-24(10-8-22)20-41-28-14-12-27(13-15-28)36-33(38)29(32(37)35-34(36)39)18-25-11-16-30(31(19-25)40-3)42-21-26-6-4-5-23(2)17-26/h4-19H,20-21H2,1-3H3,(H,35,37,39)/b29-18+. The number of hydrogen-bond acceptors (Lipinski definition) is 6. The van der Waals surface area contributed by atoms with Crippen molar-refractivity contribution in [2.75, 3.05) is 12.0 Å². The van der Waals surface area contributed by atoms with Crippen molar-refractivity contribution < 1.29 is 28.6 Å². The van der Waals surface area contributed by atoms with Crippen LogP contribution in [0.5, 0.6) is 17.2 Å². The maximum atomic E-state index is 13.4. The number of rotatable bonds is 9. The lowest BCUT2D eigenvalue weighted by Crippen LogP contribution is -2.54. The quantitative estimate of drug-likeness (QED) is 0.195. The van der Waals surface area contributed by atoms with Gasteiger partial charge in [0.2, 0.25) is 0 Å². The minimum atomic E-state index is -0.826. The van der Waals surface area contributed by atoms with E-state index in [1.165, 1.54) is 18.7 Å². The molecule has 1 N–H and O–H groups in total. The maximum Gasteiger partial charge on any atom is 0.335 e. The Labute approximate surface area is 244 Å². The van der Waals surface area contributed by atoms with Crippen LogP contribution in [-0.4, -0.2) is 25.0 Å². The average Bonchev–Trinajstić information content (AvgIpc) is 2.99. The van der Waals surface area contributed by atoms with Gasteiger partial charge in [-0.15, -0.1) is 0 Å². The van der Waals surface area contributed by atoms with E-state index in [0.29, 0.717) is 41.7 Å². The van der Waals surface area contributed by atoms with Crippen LogP contribution in [-0.2, 0) is 22.8 Å². The molecule has 0 aliphatic carbocycles. The summed E-state index contributed by atoms with van der Waals surface area (Å²) in [5, 5.41) is 2.25. The molecule has 8 nitrogen and oxygen atoms in total. The third-order valence-electron chi connectivity index (χ3n) is 6.70. The van der Waals surface area contributed by atoms with E-state index < -0.39 is 17.8 Å². The van der Waals surface area contributed by atoms with E-state index >= 15 is 0 Å². The van der Waals surface area contributed by atoms with Gasteiger partial charge in [-0.2, -0.15) is 0 Å². The van der Waals surface area contributed by atoms with Gasteiger partial charge in [-0.1, -0.05) is 65.7 Å². The number of nitrogens with zero attached hydrogens (tertiary/aromatic N) is 1. The molecule has 0 radical (unpaired) electrons. The van der Waals surface area contributed by atoms with Crippen LogP contribution < -0.4 is 24.4 Å². The first-order chi connectivity index (χ1) is 20.3. The highest BCUT2D eigenvalue weighted by molar-refractivity contribution is 6.39. The minimum Gasteiger partial charge on any atom is -0.493 e. The summed E-state index contributed by atoms with van der Waals surface area (Å²) < 4.78 is 17.3. The largest absolute Gasteiger partial charge is 0.493 e. The zero-order valence-corrected chi connectivity index (χ0v) is 23.5. The molecule has 1 aliphatic heterocycles. The molecule has 1 heterocycles. The topological polar surface area (TPSA) is 94.2 Å². The van der Waals surface area contributed by atoms with Crippen molar-refractivity contribution in [1.82, 2.24) is 5.32 Å². The highest BCUT2D eigenvalue weighted by Crippen LogP contribution is 2.31. The summed E-state index contributed by atoms with van der Waals surface area (Å²) in [7, 11) is 1.51. The predicted octanol–water partition coefficient (Wildman–Crippen LogP) is 6.14. The maximum absolute atomic E-state index is 13.4. The SMILES string of the molecule is COc1cc(/C=C2\C(=O)NC(=O)N(c3ccc(OCc4ccc(C)cc4)cc3)C2=O)ccc1OCc1cccc(C)c1. The van der Waals surface area contributed by atoms with E-state index in [-0.39, 0.29) is 5.57 Å². The van der Waals surface area contributed by atoms with Crippen molar-refractivity contribution in [3.05, 3.63) is 124 Å². The molecule has 4 aromatic carbocycles. The smallest absolute Gasteiger partial charge is 0.335 e. The van der Waals surface area contributed by atoms with E-state index in [1.54, 1.807) is 42.5 Å². The van der Waals surface area contributed by atoms with E-state index in [2.05, 4.69) is 5.32 Å². The van der Waals surface area contributed by atoms with Crippen LogP contribution in [0.4, 0.5) is 10.5 Å². The van der Waals surface area contributed by atoms with Crippen molar-refractivity contribution >= 4 is 29.6 Å². The Morgan fingerprint density at radius 2 is 1.48 bits per heavy atom. The third-order valence-corrected chi connectivity index (χ3v) is 6.70. The van der Waals surface area contributed by atoms with Gasteiger partial charge in [-0.3, -0.25) is 14.9 Å². The van der Waals surface area contributed by atoms with E-state index in [1.807, 2.05) is 62.4 Å². The van der Waals surface area contributed by atoms with Crippen molar-refractivity contribution in [1.29, 1.82) is 0 Å². The number of hydrogen-bond donors (Lipinski definition) is 1. The molecule has 1 fully saturated rings. The van der Waals surface area contributed by atoms with Gasteiger partial charge in [0.25, 0.3) is 11.8 Å². The van der Waals surface area contributed by atoms with Crippen molar-refractivity contribution in [3.8, 4) is 17.2 Å². The number of nitrogens with one attached hydrogen (secondary N) is 1. The molecular formula is C34H30N2O6. The van der Waals surface area contributed by atoms with Crippen LogP contribution in [0.15, 0.2) is 96.6 Å². The fraction of sp³-hybridized carbons (Fsp3) is 0.147. The number of ether oxygens (including phenoxy) is 3. The molecular weight excluding hydrogens is 532 g/mol.